The lowest BCUT2D eigenvalue weighted by Crippen LogP contribution is -2.56. The molecule has 0 aromatic carbocycles. The molecule has 0 unspecified atom stereocenters. The molecule has 0 N–H and O–H groups in total. The monoisotopic (exact) mass is 1620 g/mol. The van der Waals surface area contributed by atoms with Crippen LogP contribution in [0.5, 0.6) is 0 Å². The Kier molecular flexibility index (Phi) is 43.8. The van der Waals surface area contributed by atoms with Gasteiger partial charge in [0.25, 0.3) is 0 Å². The van der Waals surface area contributed by atoms with Crippen molar-refractivity contribution in [2.75, 3.05) is 20.8 Å². The number of halogens is 1. The van der Waals surface area contributed by atoms with Gasteiger partial charge in [0.1, 0.15) is 12.2 Å². The molecule has 13 nitrogen and oxygen atoms in total. The number of allylic oxidation sites excluding steroid dienone is 6. The van der Waals surface area contributed by atoms with Crippen LogP contribution >= 0.6 is 22.6 Å². The summed E-state index contributed by atoms with van der Waals surface area (Å²) in [6.45, 7) is 68.9. The van der Waals surface area contributed by atoms with E-state index < -0.39 is 111 Å². The maximum atomic E-state index is 17.0. The Morgan fingerprint density at radius 1 is 0.560 bits per heavy atom. The number of hydrogen-bond acceptors (Lipinski definition) is 13. The number of Topliss-reactive ketones (excluding diaryl/α,β-unsaturated/α-hetero) is 1. The molecule has 0 aromatic rings. The first-order valence-electron chi connectivity index (χ1n) is 39.8. The van der Waals surface area contributed by atoms with Gasteiger partial charge in [-0.25, -0.2) is 4.79 Å². The molecule has 584 valence electrons. The van der Waals surface area contributed by atoms with Gasteiger partial charge in [-0.1, -0.05) is 198 Å². The number of ketones is 1. The summed E-state index contributed by atoms with van der Waals surface area (Å²) in [6, 6.07) is 13.9. The largest absolute Gasteiger partial charge is 0.489 e. The second-order valence-corrected chi connectivity index (χ2v) is 61.3. The van der Waals surface area contributed by atoms with E-state index >= 15 is 9.59 Å². The zero-order valence-corrected chi connectivity index (χ0v) is 78.9. The quantitative estimate of drug-likeness (QED) is 0.0188. The van der Waals surface area contributed by atoms with Crippen molar-refractivity contribution in [1.82, 2.24) is 0 Å². The summed E-state index contributed by atoms with van der Waals surface area (Å²) in [5.41, 5.74) is 2.67. The SMILES string of the molecule is CC[Si](CC)(CC)O[C@@H]([C@@H](C)[C@@H](C[C@H](COC)O[Si](C)(C)C(C)(C)C)O[Si](CC)(CC)CC)[C@@H](C)C(=O)[C@H](O[Si](CC)(CC)CC)[C@H](C[C@H](OC)[C@H](CC/C=C(C)/C=C/[C@@H](O[Si](CC)(CC)CC)[C@H](C)/C=C(\C)B1OC(C)(C)C(C)(C)O1)O[Si](CC)(CC)CC)OC(=O)/C(C)=C/C(C)=C/I. The Hall–Kier alpha value is -0.464. The highest BCUT2D eigenvalue weighted by atomic mass is 127. The number of rotatable bonds is 52. The van der Waals surface area contributed by atoms with Crippen LogP contribution in [0.3, 0.4) is 0 Å². The van der Waals surface area contributed by atoms with Crippen LogP contribution < -0.4 is 0 Å². The highest BCUT2D eigenvalue weighted by molar-refractivity contribution is 14.1. The van der Waals surface area contributed by atoms with Crippen molar-refractivity contribution in [2.45, 2.75) is 395 Å². The standard InChI is InChI=1S/C79H156BIO13Si6/c1-34-96(35-2,36-3)88-68(62(18)55-64(20)80-93-78(26,27)79(28,29)94-80)53-52-60(16)50-49-51-69(89-97(37-4,38-5)39-6)71(85-31)57-72(86-76(83)63(19)54-61(17)58-81)75(92-100(46-13,47-14)48-15)73(82)66(22)74(91-99(43-10,44-11)45-12)65(21)70(90-98(40-7,41-8)42-9)56-67(59-84-30)87-95(32,33)77(23,24)25/h50,52-55,58,62,65-72,74-75H,34-49,51,56-57,59H2,1-33H3/b53-52+,60-50+,61-58+,63-54+,64-55+/t62-,65+,66+,67-,68-,69+,70-,71+,72+,74+,75-/m1/s1. The highest BCUT2D eigenvalue weighted by Crippen LogP contribution is 2.43. The van der Waals surface area contributed by atoms with E-state index in [9.17, 15) is 0 Å². The van der Waals surface area contributed by atoms with Crippen LogP contribution in [0.1, 0.15) is 226 Å². The predicted octanol–water partition coefficient (Wildman–Crippen LogP) is 23.3. The first-order valence-corrected chi connectivity index (χ1v) is 56.6. The summed E-state index contributed by atoms with van der Waals surface area (Å²) < 4.78 is 80.7. The molecule has 1 rings (SSSR count). The topological polar surface area (TPSA) is 136 Å². The molecule has 0 saturated carbocycles. The van der Waals surface area contributed by atoms with Crippen LogP contribution in [0.25, 0.3) is 0 Å². The molecule has 1 aliphatic heterocycles. The minimum absolute atomic E-state index is 0.0320. The van der Waals surface area contributed by atoms with Crippen LogP contribution in [0.4, 0.5) is 0 Å². The summed E-state index contributed by atoms with van der Waals surface area (Å²) in [5, 5.41) is -0.0320. The van der Waals surface area contributed by atoms with Crippen molar-refractivity contribution in [2.24, 2.45) is 17.8 Å². The van der Waals surface area contributed by atoms with Gasteiger partial charge >= 0.3 is 13.1 Å². The fourth-order valence-corrected chi connectivity index (χ4v) is 30.3. The summed E-state index contributed by atoms with van der Waals surface area (Å²) in [4.78, 5) is 32.1. The zero-order valence-electron chi connectivity index (χ0n) is 70.7. The van der Waals surface area contributed by atoms with Crippen molar-refractivity contribution < 1.29 is 59.7 Å². The average molecular weight is 1620 g/mol. The first kappa shape index (κ1) is 97.5. The average Bonchev–Trinajstić information content (AvgIpc) is 1.48. The van der Waals surface area contributed by atoms with Crippen molar-refractivity contribution in [3.63, 3.8) is 0 Å². The Morgan fingerprint density at radius 2 is 0.990 bits per heavy atom. The molecule has 1 fully saturated rings. The van der Waals surface area contributed by atoms with Crippen molar-refractivity contribution in [1.29, 1.82) is 0 Å². The lowest BCUT2D eigenvalue weighted by Gasteiger charge is -2.46. The summed E-state index contributed by atoms with van der Waals surface area (Å²) >= 11 is 2.21. The smallest absolute Gasteiger partial charge is 0.456 e. The van der Waals surface area contributed by atoms with Crippen LogP contribution in [-0.2, 0) is 59.7 Å². The van der Waals surface area contributed by atoms with Crippen molar-refractivity contribution in [3.05, 3.63) is 56.7 Å². The van der Waals surface area contributed by atoms with Crippen LogP contribution in [0, 0.1) is 17.8 Å². The van der Waals surface area contributed by atoms with E-state index in [2.05, 4.69) is 247 Å². The first-order chi connectivity index (χ1) is 46.6. The van der Waals surface area contributed by atoms with Crippen LogP contribution in [-0.4, -0.2) is 150 Å². The summed E-state index contributed by atoms with van der Waals surface area (Å²) in [5.74, 6) is -1.51. The van der Waals surface area contributed by atoms with E-state index in [1.165, 1.54) is 0 Å². The molecule has 0 amide bonds. The van der Waals surface area contributed by atoms with Gasteiger partial charge in [-0.2, -0.15) is 0 Å². The van der Waals surface area contributed by atoms with Gasteiger partial charge < -0.3 is 50.1 Å². The maximum absolute atomic E-state index is 17.0. The lowest BCUT2D eigenvalue weighted by molar-refractivity contribution is -0.160. The third-order valence-electron chi connectivity index (χ3n) is 24.9. The van der Waals surface area contributed by atoms with E-state index in [0.717, 1.165) is 107 Å². The van der Waals surface area contributed by atoms with Gasteiger partial charge in [0.2, 0.25) is 0 Å². The Bertz CT molecular complexity index is 2480. The number of hydrogen-bond donors (Lipinski definition) is 0. The molecule has 21 heteroatoms. The maximum Gasteiger partial charge on any atom is 0.489 e. The Morgan fingerprint density at radius 3 is 1.41 bits per heavy atom. The second kappa shape index (κ2) is 44.9. The molecule has 1 aliphatic rings. The summed E-state index contributed by atoms with van der Waals surface area (Å²) in [7, 11) is -11.1. The summed E-state index contributed by atoms with van der Waals surface area (Å²) in [6.07, 6.45) is 8.65. The molecule has 0 bridgehead atoms. The fraction of sp³-hybridized carbons (Fsp3) is 0.848. The fourth-order valence-electron chi connectivity index (χ4n) is 14.2. The molecule has 11 atom stereocenters. The van der Waals surface area contributed by atoms with E-state index in [1.54, 1.807) is 21.1 Å². The second-order valence-electron chi connectivity index (χ2n) is 32.4. The molecule has 0 aliphatic carbocycles. The minimum Gasteiger partial charge on any atom is -0.456 e. The van der Waals surface area contributed by atoms with Crippen LogP contribution in [0.15, 0.2) is 56.7 Å². The molecule has 0 aromatic heterocycles. The number of esters is 1. The third kappa shape index (κ3) is 27.9. The normalized spacial score (nSPS) is 19.3. The van der Waals surface area contributed by atoms with Crippen LogP contribution in [0.2, 0.25) is 109 Å². The van der Waals surface area contributed by atoms with Crippen molar-refractivity contribution in [3.8, 4) is 0 Å². The molecular formula is C79H156BIO13Si6. The van der Waals surface area contributed by atoms with Gasteiger partial charge in [-0.15, -0.1) is 0 Å². The van der Waals surface area contributed by atoms with E-state index in [4.69, 9.17) is 50.1 Å². The third-order valence-corrected chi connectivity index (χ3v) is 53.7. The van der Waals surface area contributed by atoms with Gasteiger partial charge in [0, 0.05) is 44.0 Å². The Labute approximate surface area is 637 Å². The highest BCUT2D eigenvalue weighted by Gasteiger charge is 2.53. The molecule has 0 spiro atoms. The molecule has 1 saturated heterocycles. The lowest BCUT2D eigenvalue weighted by atomic mass is 9.77. The Balaban J connectivity index is 4.62. The number of carbonyl (C=O) groups excluding carboxylic acids is 2. The minimum atomic E-state index is -2.69. The number of methoxy groups -OCH3 is 2. The van der Waals surface area contributed by atoms with Gasteiger partial charge in [-0.05, 0) is 205 Å². The van der Waals surface area contributed by atoms with Gasteiger partial charge in [0.05, 0.1) is 54.4 Å². The molecule has 1 heterocycles. The van der Waals surface area contributed by atoms with Gasteiger partial charge in [0.15, 0.2) is 55.7 Å². The molecule has 0 radical (unpaired) electrons. The number of ether oxygens (including phenoxy) is 3. The van der Waals surface area contributed by atoms with E-state index in [0.29, 0.717) is 31.4 Å². The molecule has 100 heavy (non-hydrogen) atoms. The van der Waals surface area contributed by atoms with E-state index in [1.807, 2.05) is 17.1 Å². The zero-order chi connectivity index (χ0) is 77.1. The predicted molar refractivity (Wildman–Crippen MR) is 450 cm³/mol. The molecular weight excluding hydrogens is 1460 g/mol. The number of carbonyl (C=O) groups is 2. The van der Waals surface area contributed by atoms with Crippen molar-refractivity contribution >= 4 is 91.4 Å². The van der Waals surface area contributed by atoms with E-state index in [-0.39, 0.29) is 47.4 Å². The van der Waals surface area contributed by atoms with Gasteiger partial charge in [-0.3, -0.25) is 4.79 Å².